The summed E-state index contributed by atoms with van der Waals surface area (Å²) >= 11 is 0. The van der Waals surface area contributed by atoms with Crippen LogP contribution in [0.2, 0.25) is 0 Å². The lowest BCUT2D eigenvalue weighted by Crippen LogP contribution is -2.52. The maximum absolute atomic E-state index is 12.1. The van der Waals surface area contributed by atoms with Crippen LogP contribution in [0.4, 0.5) is 0 Å². The van der Waals surface area contributed by atoms with Crippen LogP contribution in [0.25, 0.3) is 0 Å². The Bertz CT molecular complexity index is 340. The molecule has 108 valence electrons. The van der Waals surface area contributed by atoms with Gasteiger partial charge in [-0.3, -0.25) is 9.59 Å². The lowest BCUT2D eigenvalue weighted by Gasteiger charge is -2.34. The number of rotatable bonds is 3. The van der Waals surface area contributed by atoms with E-state index in [1.807, 2.05) is 11.9 Å². The molecule has 2 aliphatic rings. The van der Waals surface area contributed by atoms with Gasteiger partial charge < -0.3 is 20.0 Å². The molecule has 1 N–H and O–H groups in total. The maximum atomic E-state index is 12.1. The SMILES string of the molecule is CN1CCN(C(=O)CNC2CCC(=O)N(C)C2)CC1. The Hall–Kier alpha value is -1.14. The molecule has 2 aliphatic heterocycles. The number of hydrogen-bond donors (Lipinski definition) is 1. The van der Waals surface area contributed by atoms with Gasteiger partial charge in [0.1, 0.15) is 0 Å². The molecule has 0 radical (unpaired) electrons. The number of carbonyl (C=O) groups is 2. The molecule has 0 aromatic carbocycles. The van der Waals surface area contributed by atoms with Gasteiger partial charge in [0.15, 0.2) is 0 Å². The Kier molecular flexibility index (Phi) is 4.76. The zero-order valence-corrected chi connectivity index (χ0v) is 11.9. The third-order valence-electron chi connectivity index (χ3n) is 4.02. The second-order valence-electron chi connectivity index (χ2n) is 5.57. The van der Waals surface area contributed by atoms with Gasteiger partial charge in [-0.1, -0.05) is 0 Å². The molecule has 6 heteroatoms. The van der Waals surface area contributed by atoms with E-state index >= 15 is 0 Å². The number of carbonyl (C=O) groups excluding carboxylic acids is 2. The smallest absolute Gasteiger partial charge is 0.236 e. The van der Waals surface area contributed by atoms with Crippen LogP contribution in [0, 0.1) is 0 Å². The predicted octanol–water partition coefficient (Wildman–Crippen LogP) is -1.03. The van der Waals surface area contributed by atoms with Crippen LogP contribution >= 0.6 is 0 Å². The number of likely N-dealkylation sites (tertiary alicyclic amines) is 1. The average Bonchev–Trinajstić information content (AvgIpc) is 2.40. The fourth-order valence-corrected chi connectivity index (χ4v) is 2.58. The lowest BCUT2D eigenvalue weighted by atomic mass is 10.1. The molecule has 0 aromatic heterocycles. The molecule has 1 atom stereocenters. The van der Waals surface area contributed by atoms with E-state index in [4.69, 9.17) is 0 Å². The van der Waals surface area contributed by atoms with Crippen molar-refractivity contribution >= 4 is 11.8 Å². The second kappa shape index (κ2) is 6.34. The summed E-state index contributed by atoms with van der Waals surface area (Å²) in [7, 11) is 3.90. The monoisotopic (exact) mass is 268 g/mol. The fraction of sp³-hybridized carbons (Fsp3) is 0.846. The Balaban J connectivity index is 1.70. The first-order valence-corrected chi connectivity index (χ1v) is 7.00. The number of piperazine rings is 1. The van der Waals surface area contributed by atoms with Crippen LogP contribution in [0.15, 0.2) is 0 Å². The quantitative estimate of drug-likeness (QED) is 0.711. The van der Waals surface area contributed by atoms with Crippen LogP contribution in [0.1, 0.15) is 12.8 Å². The van der Waals surface area contributed by atoms with E-state index in [0.717, 1.165) is 32.6 Å². The number of piperidine rings is 1. The summed E-state index contributed by atoms with van der Waals surface area (Å²) in [5.74, 6) is 0.371. The molecule has 2 amide bonds. The lowest BCUT2D eigenvalue weighted by molar-refractivity contribution is -0.133. The van der Waals surface area contributed by atoms with Crippen LogP contribution in [-0.4, -0.2) is 85.9 Å². The third-order valence-corrected chi connectivity index (χ3v) is 4.02. The van der Waals surface area contributed by atoms with E-state index < -0.39 is 0 Å². The average molecular weight is 268 g/mol. The van der Waals surface area contributed by atoms with Crippen molar-refractivity contribution < 1.29 is 9.59 Å². The predicted molar refractivity (Wildman–Crippen MR) is 72.7 cm³/mol. The van der Waals surface area contributed by atoms with E-state index in [1.165, 1.54) is 0 Å². The number of hydrogen-bond acceptors (Lipinski definition) is 4. The van der Waals surface area contributed by atoms with Gasteiger partial charge in [-0.05, 0) is 13.5 Å². The van der Waals surface area contributed by atoms with Gasteiger partial charge >= 0.3 is 0 Å². The van der Waals surface area contributed by atoms with Crippen molar-refractivity contribution in [2.24, 2.45) is 0 Å². The van der Waals surface area contributed by atoms with Crippen molar-refractivity contribution in [2.75, 3.05) is 53.4 Å². The molecule has 0 bridgehead atoms. The molecule has 0 aliphatic carbocycles. The Morgan fingerprint density at radius 1 is 1.26 bits per heavy atom. The van der Waals surface area contributed by atoms with Crippen LogP contribution in [0.5, 0.6) is 0 Å². The minimum atomic E-state index is 0.174. The number of likely N-dealkylation sites (N-methyl/N-ethyl adjacent to an activating group) is 2. The van der Waals surface area contributed by atoms with Gasteiger partial charge in [-0.25, -0.2) is 0 Å². The van der Waals surface area contributed by atoms with Gasteiger partial charge in [0.25, 0.3) is 0 Å². The summed E-state index contributed by atoms with van der Waals surface area (Å²) in [6.45, 7) is 4.63. The zero-order chi connectivity index (χ0) is 13.8. The molecule has 2 rings (SSSR count). The van der Waals surface area contributed by atoms with Crippen molar-refractivity contribution in [1.82, 2.24) is 20.0 Å². The summed E-state index contributed by atoms with van der Waals surface area (Å²) in [5, 5.41) is 3.28. The molecule has 6 nitrogen and oxygen atoms in total. The maximum Gasteiger partial charge on any atom is 0.236 e. The Morgan fingerprint density at radius 3 is 2.58 bits per heavy atom. The standard InChI is InChI=1S/C13H24N4O2/c1-15-5-7-17(8-6-15)13(19)9-14-11-3-4-12(18)16(2)10-11/h11,14H,3-10H2,1-2H3. The molecule has 19 heavy (non-hydrogen) atoms. The van der Waals surface area contributed by atoms with Crippen molar-refractivity contribution in [2.45, 2.75) is 18.9 Å². The fourth-order valence-electron chi connectivity index (χ4n) is 2.58. The summed E-state index contributed by atoms with van der Waals surface area (Å²) in [4.78, 5) is 29.3. The van der Waals surface area contributed by atoms with Gasteiger partial charge in [0.05, 0.1) is 6.54 Å². The second-order valence-corrected chi connectivity index (χ2v) is 5.57. The van der Waals surface area contributed by atoms with Gasteiger partial charge in [-0.2, -0.15) is 0 Å². The van der Waals surface area contributed by atoms with Crippen molar-refractivity contribution in [1.29, 1.82) is 0 Å². The van der Waals surface area contributed by atoms with Crippen molar-refractivity contribution in [3.05, 3.63) is 0 Å². The van der Waals surface area contributed by atoms with Crippen molar-refractivity contribution in [3.63, 3.8) is 0 Å². The van der Waals surface area contributed by atoms with Crippen LogP contribution in [-0.2, 0) is 9.59 Å². The first-order valence-electron chi connectivity index (χ1n) is 7.00. The van der Waals surface area contributed by atoms with E-state index in [1.54, 1.807) is 4.90 Å². The van der Waals surface area contributed by atoms with Crippen molar-refractivity contribution in [3.8, 4) is 0 Å². The molecular formula is C13H24N4O2. The van der Waals surface area contributed by atoms with Crippen LogP contribution in [0.3, 0.4) is 0 Å². The molecule has 2 fully saturated rings. The molecule has 1 unspecified atom stereocenters. The number of nitrogens with one attached hydrogen (secondary N) is 1. The zero-order valence-electron chi connectivity index (χ0n) is 11.9. The first kappa shape index (κ1) is 14.3. The molecule has 2 saturated heterocycles. The first-order chi connectivity index (χ1) is 9.06. The van der Waals surface area contributed by atoms with E-state index in [0.29, 0.717) is 19.5 Å². The molecule has 0 saturated carbocycles. The number of nitrogens with zero attached hydrogens (tertiary/aromatic N) is 3. The molecule has 0 aromatic rings. The summed E-state index contributed by atoms with van der Waals surface area (Å²) in [6, 6.07) is 0.249. The van der Waals surface area contributed by atoms with E-state index in [9.17, 15) is 9.59 Å². The van der Waals surface area contributed by atoms with E-state index in [-0.39, 0.29) is 17.9 Å². The highest BCUT2D eigenvalue weighted by Gasteiger charge is 2.24. The summed E-state index contributed by atoms with van der Waals surface area (Å²) in [5.41, 5.74) is 0. The highest BCUT2D eigenvalue weighted by molar-refractivity contribution is 5.79. The van der Waals surface area contributed by atoms with Crippen LogP contribution < -0.4 is 5.32 Å². The topological polar surface area (TPSA) is 55.9 Å². The highest BCUT2D eigenvalue weighted by Crippen LogP contribution is 2.09. The third kappa shape index (κ3) is 3.91. The highest BCUT2D eigenvalue weighted by atomic mass is 16.2. The van der Waals surface area contributed by atoms with Gasteiger partial charge in [0, 0.05) is 52.2 Å². The van der Waals surface area contributed by atoms with Gasteiger partial charge in [-0.15, -0.1) is 0 Å². The largest absolute Gasteiger partial charge is 0.344 e. The Labute approximate surface area is 114 Å². The minimum absolute atomic E-state index is 0.174. The van der Waals surface area contributed by atoms with Gasteiger partial charge in [0.2, 0.25) is 11.8 Å². The molecule has 0 spiro atoms. The summed E-state index contributed by atoms with van der Waals surface area (Å²) in [6.07, 6.45) is 1.41. The Morgan fingerprint density at radius 2 is 1.95 bits per heavy atom. The molecular weight excluding hydrogens is 244 g/mol. The molecule has 2 heterocycles. The number of amides is 2. The van der Waals surface area contributed by atoms with E-state index in [2.05, 4.69) is 17.3 Å². The minimum Gasteiger partial charge on any atom is -0.344 e. The summed E-state index contributed by atoms with van der Waals surface area (Å²) < 4.78 is 0. The normalized spacial score (nSPS) is 25.8.